The lowest BCUT2D eigenvalue weighted by molar-refractivity contribution is 0.0951. The molecule has 2 rings (SSSR count). The molecule has 0 unspecified atom stereocenters. The van der Waals surface area contributed by atoms with Gasteiger partial charge in [-0.3, -0.25) is 9.78 Å². The molecule has 0 radical (unpaired) electrons. The van der Waals surface area contributed by atoms with Gasteiger partial charge in [-0.1, -0.05) is 25.1 Å². The molecule has 21 heavy (non-hydrogen) atoms. The van der Waals surface area contributed by atoms with E-state index in [0.717, 1.165) is 18.7 Å². The molecule has 0 fully saturated rings. The van der Waals surface area contributed by atoms with Gasteiger partial charge in [0.15, 0.2) is 0 Å². The molecule has 1 heterocycles. The second kappa shape index (κ2) is 7.38. The molecule has 0 atom stereocenters. The van der Waals surface area contributed by atoms with Crippen molar-refractivity contribution in [1.82, 2.24) is 10.3 Å². The first-order valence-electron chi connectivity index (χ1n) is 6.92. The molecule has 1 aromatic heterocycles. The summed E-state index contributed by atoms with van der Waals surface area (Å²) in [6, 6.07) is 8.14. The van der Waals surface area contributed by atoms with Crippen LogP contribution < -0.4 is 10.6 Å². The molecular formula is C16H18FN3O. The topological polar surface area (TPSA) is 54.0 Å². The second-order valence-corrected chi connectivity index (χ2v) is 4.62. The molecule has 2 N–H and O–H groups in total. The van der Waals surface area contributed by atoms with E-state index in [1.165, 1.54) is 12.3 Å². The van der Waals surface area contributed by atoms with Crippen molar-refractivity contribution >= 4 is 11.6 Å². The Morgan fingerprint density at radius 3 is 2.86 bits per heavy atom. The second-order valence-electron chi connectivity index (χ2n) is 4.62. The maximum atomic E-state index is 13.5. The van der Waals surface area contributed by atoms with Gasteiger partial charge >= 0.3 is 0 Å². The number of hydrogen-bond donors (Lipinski definition) is 2. The lowest BCUT2D eigenvalue weighted by atomic mass is 10.2. The van der Waals surface area contributed by atoms with Gasteiger partial charge in [0.25, 0.3) is 5.91 Å². The van der Waals surface area contributed by atoms with Crippen molar-refractivity contribution in [3.63, 3.8) is 0 Å². The van der Waals surface area contributed by atoms with Gasteiger partial charge in [-0.25, -0.2) is 4.39 Å². The number of benzene rings is 1. The van der Waals surface area contributed by atoms with Crippen molar-refractivity contribution in [2.45, 2.75) is 19.9 Å². The first-order chi connectivity index (χ1) is 10.2. The average Bonchev–Trinajstić information content (AvgIpc) is 2.52. The molecule has 0 aliphatic rings. The number of aromatic nitrogens is 1. The van der Waals surface area contributed by atoms with Crippen LogP contribution in [0.2, 0.25) is 0 Å². The number of carbonyl (C=O) groups excluding carboxylic acids is 1. The first-order valence-corrected chi connectivity index (χ1v) is 6.92. The average molecular weight is 287 g/mol. The Morgan fingerprint density at radius 1 is 1.29 bits per heavy atom. The monoisotopic (exact) mass is 287 g/mol. The van der Waals surface area contributed by atoms with E-state index >= 15 is 0 Å². The summed E-state index contributed by atoms with van der Waals surface area (Å²) in [4.78, 5) is 16.2. The maximum Gasteiger partial charge on any atom is 0.255 e. The van der Waals surface area contributed by atoms with E-state index in [9.17, 15) is 9.18 Å². The molecule has 0 saturated heterocycles. The van der Waals surface area contributed by atoms with Gasteiger partial charge < -0.3 is 10.6 Å². The highest BCUT2D eigenvalue weighted by Gasteiger charge is 2.11. The lowest BCUT2D eigenvalue weighted by Gasteiger charge is -2.11. The van der Waals surface area contributed by atoms with Crippen LogP contribution >= 0.6 is 0 Å². The summed E-state index contributed by atoms with van der Waals surface area (Å²) in [5.41, 5.74) is 1.65. The van der Waals surface area contributed by atoms with Gasteiger partial charge in [0.1, 0.15) is 5.82 Å². The standard InChI is InChI=1S/C16H18FN3O/c1-2-8-19-15-7-9-18-11-13(15)16(21)20-10-12-5-3-4-6-14(12)17/h3-7,9,11H,2,8,10H2,1H3,(H,18,19)(H,20,21). The fraction of sp³-hybridized carbons (Fsp3) is 0.250. The number of anilines is 1. The molecule has 1 aromatic carbocycles. The molecule has 110 valence electrons. The fourth-order valence-electron chi connectivity index (χ4n) is 1.90. The van der Waals surface area contributed by atoms with Gasteiger partial charge in [-0.05, 0) is 18.6 Å². The number of halogens is 1. The predicted octanol–water partition coefficient (Wildman–Crippen LogP) is 2.97. The molecule has 0 spiro atoms. The zero-order valence-corrected chi connectivity index (χ0v) is 11.9. The molecule has 0 aliphatic heterocycles. The molecule has 5 heteroatoms. The molecule has 0 bridgehead atoms. The van der Waals surface area contributed by atoms with Gasteiger partial charge in [0.2, 0.25) is 0 Å². The number of hydrogen-bond acceptors (Lipinski definition) is 3. The number of nitrogens with one attached hydrogen (secondary N) is 2. The first kappa shape index (κ1) is 15.0. The quantitative estimate of drug-likeness (QED) is 0.859. The number of rotatable bonds is 6. The van der Waals surface area contributed by atoms with Crippen molar-refractivity contribution in [3.8, 4) is 0 Å². The Morgan fingerprint density at radius 2 is 2.10 bits per heavy atom. The van der Waals surface area contributed by atoms with Crippen LogP contribution in [0.4, 0.5) is 10.1 Å². The van der Waals surface area contributed by atoms with Crippen LogP contribution in [0.3, 0.4) is 0 Å². The van der Waals surface area contributed by atoms with E-state index in [-0.39, 0.29) is 18.3 Å². The normalized spacial score (nSPS) is 10.2. The molecule has 0 aliphatic carbocycles. The number of pyridine rings is 1. The van der Waals surface area contributed by atoms with Crippen LogP contribution in [0.25, 0.3) is 0 Å². The molecule has 1 amide bonds. The van der Waals surface area contributed by atoms with Crippen molar-refractivity contribution in [1.29, 1.82) is 0 Å². The van der Waals surface area contributed by atoms with Crippen LogP contribution in [-0.2, 0) is 6.54 Å². The van der Waals surface area contributed by atoms with Crippen LogP contribution in [0, 0.1) is 5.82 Å². The smallest absolute Gasteiger partial charge is 0.255 e. The molecule has 4 nitrogen and oxygen atoms in total. The highest BCUT2D eigenvalue weighted by molar-refractivity contribution is 5.99. The van der Waals surface area contributed by atoms with Crippen LogP contribution in [0.15, 0.2) is 42.7 Å². The van der Waals surface area contributed by atoms with Crippen molar-refractivity contribution in [3.05, 3.63) is 59.7 Å². The SMILES string of the molecule is CCCNc1ccncc1C(=O)NCc1ccccc1F. The summed E-state index contributed by atoms with van der Waals surface area (Å²) in [5, 5.41) is 5.89. The van der Waals surface area contributed by atoms with E-state index in [1.807, 2.05) is 6.92 Å². The fourth-order valence-corrected chi connectivity index (χ4v) is 1.90. The minimum atomic E-state index is -0.326. The third kappa shape index (κ3) is 4.02. The van der Waals surface area contributed by atoms with Gasteiger partial charge in [0.05, 0.1) is 11.3 Å². The molecule has 2 aromatic rings. The van der Waals surface area contributed by atoms with E-state index in [0.29, 0.717) is 11.1 Å². The number of amides is 1. The number of carbonyl (C=O) groups is 1. The van der Waals surface area contributed by atoms with Gasteiger partial charge in [-0.2, -0.15) is 0 Å². The van der Waals surface area contributed by atoms with Crippen LogP contribution in [0.5, 0.6) is 0 Å². The Hall–Kier alpha value is -2.43. The molecular weight excluding hydrogens is 269 g/mol. The zero-order valence-electron chi connectivity index (χ0n) is 11.9. The Bertz CT molecular complexity index is 616. The van der Waals surface area contributed by atoms with Gasteiger partial charge in [0, 0.05) is 31.0 Å². The number of nitrogens with zero attached hydrogens (tertiary/aromatic N) is 1. The minimum Gasteiger partial charge on any atom is -0.384 e. The van der Waals surface area contributed by atoms with E-state index < -0.39 is 0 Å². The Labute approximate surface area is 123 Å². The predicted molar refractivity (Wildman–Crippen MR) is 80.6 cm³/mol. The molecule has 0 saturated carbocycles. The van der Waals surface area contributed by atoms with E-state index in [2.05, 4.69) is 15.6 Å². The summed E-state index contributed by atoms with van der Waals surface area (Å²) in [7, 11) is 0. The van der Waals surface area contributed by atoms with Crippen molar-refractivity contribution < 1.29 is 9.18 Å². The Kier molecular flexibility index (Phi) is 5.26. The summed E-state index contributed by atoms with van der Waals surface area (Å²) in [6.07, 6.45) is 4.10. The van der Waals surface area contributed by atoms with Crippen molar-refractivity contribution in [2.24, 2.45) is 0 Å². The summed E-state index contributed by atoms with van der Waals surface area (Å²) >= 11 is 0. The summed E-state index contributed by atoms with van der Waals surface area (Å²) in [6.45, 7) is 2.97. The largest absolute Gasteiger partial charge is 0.384 e. The Balaban J connectivity index is 2.05. The highest BCUT2D eigenvalue weighted by Crippen LogP contribution is 2.14. The third-order valence-corrected chi connectivity index (χ3v) is 3.03. The van der Waals surface area contributed by atoms with Crippen molar-refractivity contribution in [2.75, 3.05) is 11.9 Å². The maximum absolute atomic E-state index is 13.5. The summed E-state index contributed by atoms with van der Waals surface area (Å²) < 4.78 is 13.5. The summed E-state index contributed by atoms with van der Waals surface area (Å²) in [5.74, 6) is -0.599. The van der Waals surface area contributed by atoms with Crippen LogP contribution in [0.1, 0.15) is 29.3 Å². The minimum absolute atomic E-state index is 0.146. The van der Waals surface area contributed by atoms with E-state index in [1.54, 1.807) is 30.5 Å². The van der Waals surface area contributed by atoms with E-state index in [4.69, 9.17) is 0 Å². The van der Waals surface area contributed by atoms with Gasteiger partial charge in [-0.15, -0.1) is 0 Å². The van der Waals surface area contributed by atoms with Crippen LogP contribution in [-0.4, -0.2) is 17.4 Å². The third-order valence-electron chi connectivity index (χ3n) is 3.03. The highest BCUT2D eigenvalue weighted by atomic mass is 19.1. The zero-order chi connectivity index (χ0) is 15.1. The lowest BCUT2D eigenvalue weighted by Crippen LogP contribution is -2.24.